The Kier molecular flexibility index (Phi) is 6.68. The highest BCUT2D eigenvalue weighted by Crippen LogP contribution is 2.34. The molecule has 1 aliphatic rings. The molecule has 2 rings (SSSR count). The number of carbonyl (C=O) groups excluding carboxylic acids is 1. The summed E-state index contributed by atoms with van der Waals surface area (Å²) in [6, 6.07) is 3.69. The van der Waals surface area contributed by atoms with Crippen LogP contribution < -0.4 is 4.74 Å². The lowest BCUT2D eigenvalue weighted by molar-refractivity contribution is -0.139. The minimum atomic E-state index is -1.02. The van der Waals surface area contributed by atoms with E-state index in [1.54, 1.807) is 11.0 Å². The summed E-state index contributed by atoms with van der Waals surface area (Å²) in [5.74, 6) is -0.575. The van der Waals surface area contributed by atoms with Crippen LogP contribution in [0.4, 0.5) is 0 Å². The largest absolute Gasteiger partial charge is 0.480 e. The standard InChI is InChI=1S/C14H11I2NO4S2/c1-2-17-13(20)10(23-14(17)22)5-7-3-8(15)12(9(16)4-7)21-6-11(18)19/h3-5H,2,6H2,1H3,(H,18,19)/b10-5-. The van der Waals surface area contributed by atoms with Crippen LogP contribution in [0.25, 0.3) is 6.08 Å². The number of halogens is 2. The van der Waals surface area contributed by atoms with Gasteiger partial charge in [0.1, 0.15) is 10.1 Å². The second kappa shape index (κ2) is 8.12. The molecule has 0 saturated carbocycles. The Labute approximate surface area is 170 Å². The maximum absolute atomic E-state index is 12.2. The molecule has 23 heavy (non-hydrogen) atoms. The number of thioether (sulfide) groups is 1. The zero-order valence-electron chi connectivity index (χ0n) is 11.8. The zero-order chi connectivity index (χ0) is 17.1. The molecule has 9 heteroatoms. The Hall–Kier alpha value is -0.400. The molecule has 1 fully saturated rings. The van der Waals surface area contributed by atoms with Gasteiger partial charge in [-0.1, -0.05) is 24.0 Å². The quantitative estimate of drug-likeness (QED) is 0.329. The summed E-state index contributed by atoms with van der Waals surface area (Å²) >= 11 is 10.6. The molecule has 1 heterocycles. The predicted molar refractivity (Wildman–Crippen MR) is 111 cm³/mol. The molecule has 0 spiro atoms. The Morgan fingerprint density at radius 1 is 1.43 bits per heavy atom. The minimum Gasteiger partial charge on any atom is -0.480 e. The maximum atomic E-state index is 12.2. The highest BCUT2D eigenvalue weighted by molar-refractivity contribution is 14.1. The van der Waals surface area contributed by atoms with Crippen molar-refractivity contribution in [1.29, 1.82) is 0 Å². The second-order valence-electron chi connectivity index (χ2n) is 4.42. The van der Waals surface area contributed by atoms with Crippen LogP contribution in [0.3, 0.4) is 0 Å². The highest BCUT2D eigenvalue weighted by Gasteiger charge is 2.30. The molecule has 122 valence electrons. The van der Waals surface area contributed by atoms with Crippen LogP contribution in [0.15, 0.2) is 17.0 Å². The van der Waals surface area contributed by atoms with E-state index in [1.807, 2.05) is 19.1 Å². The smallest absolute Gasteiger partial charge is 0.341 e. The number of carboxylic acids is 1. The fourth-order valence-electron chi connectivity index (χ4n) is 1.86. The summed E-state index contributed by atoms with van der Waals surface area (Å²) in [6.07, 6.45) is 1.79. The minimum absolute atomic E-state index is 0.0845. The number of carboxylic acid groups (broad SMARTS) is 1. The first-order valence-corrected chi connectivity index (χ1v) is 9.80. The monoisotopic (exact) mass is 575 g/mol. The van der Waals surface area contributed by atoms with Crippen LogP contribution in [0.5, 0.6) is 5.75 Å². The van der Waals surface area contributed by atoms with Crippen LogP contribution >= 0.6 is 69.2 Å². The summed E-state index contributed by atoms with van der Waals surface area (Å²) in [5.41, 5.74) is 0.845. The van der Waals surface area contributed by atoms with Crippen molar-refractivity contribution >= 4 is 91.4 Å². The summed E-state index contributed by atoms with van der Waals surface area (Å²) in [7, 11) is 0. The van der Waals surface area contributed by atoms with E-state index in [0.717, 1.165) is 12.7 Å². The third-order valence-electron chi connectivity index (χ3n) is 2.85. The van der Waals surface area contributed by atoms with Gasteiger partial charge in [-0.3, -0.25) is 9.69 Å². The van der Waals surface area contributed by atoms with E-state index in [1.165, 1.54) is 11.8 Å². The van der Waals surface area contributed by atoms with E-state index in [-0.39, 0.29) is 12.5 Å². The topological polar surface area (TPSA) is 66.8 Å². The van der Waals surface area contributed by atoms with E-state index < -0.39 is 5.97 Å². The fourth-order valence-corrected chi connectivity index (χ4v) is 5.37. The predicted octanol–water partition coefficient (Wildman–Crippen LogP) is 3.58. The molecule has 1 aliphatic heterocycles. The van der Waals surface area contributed by atoms with Crippen molar-refractivity contribution < 1.29 is 19.4 Å². The highest BCUT2D eigenvalue weighted by atomic mass is 127. The lowest BCUT2D eigenvalue weighted by Gasteiger charge is -2.10. The number of likely N-dealkylation sites (N-methyl/N-ethyl adjacent to an activating group) is 1. The lowest BCUT2D eigenvalue weighted by atomic mass is 10.2. The van der Waals surface area contributed by atoms with Gasteiger partial charge in [-0.05, 0) is 75.9 Å². The van der Waals surface area contributed by atoms with Gasteiger partial charge in [0, 0.05) is 6.54 Å². The maximum Gasteiger partial charge on any atom is 0.341 e. The van der Waals surface area contributed by atoms with E-state index in [0.29, 0.717) is 21.5 Å². The van der Waals surface area contributed by atoms with Gasteiger partial charge < -0.3 is 9.84 Å². The Morgan fingerprint density at radius 2 is 2.04 bits per heavy atom. The summed E-state index contributed by atoms with van der Waals surface area (Å²) in [5, 5.41) is 8.71. The molecule has 1 N–H and O–H groups in total. The molecular weight excluding hydrogens is 564 g/mol. The molecule has 1 saturated heterocycles. The van der Waals surface area contributed by atoms with Crippen LogP contribution in [0.1, 0.15) is 12.5 Å². The third-order valence-corrected chi connectivity index (χ3v) is 5.83. The van der Waals surface area contributed by atoms with Gasteiger partial charge in [0.2, 0.25) is 0 Å². The van der Waals surface area contributed by atoms with Crippen LogP contribution in [-0.2, 0) is 9.59 Å². The van der Waals surface area contributed by atoms with Gasteiger partial charge in [-0.15, -0.1) is 0 Å². The average Bonchev–Trinajstić information content (AvgIpc) is 2.71. The van der Waals surface area contributed by atoms with Crippen molar-refractivity contribution in [3.8, 4) is 5.75 Å². The number of rotatable bonds is 5. The number of hydrogen-bond acceptors (Lipinski definition) is 5. The van der Waals surface area contributed by atoms with Gasteiger partial charge in [-0.25, -0.2) is 4.79 Å². The Morgan fingerprint density at radius 3 is 2.52 bits per heavy atom. The summed E-state index contributed by atoms with van der Waals surface area (Å²) < 4.78 is 7.42. The van der Waals surface area contributed by atoms with Crippen molar-refractivity contribution in [1.82, 2.24) is 4.90 Å². The zero-order valence-corrected chi connectivity index (χ0v) is 17.8. The fraction of sp³-hybridized carbons (Fsp3) is 0.214. The first-order valence-electron chi connectivity index (χ1n) is 6.42. The van der Waals surface area contributed by atoms with Crippen molar-refractivity contribution in [2.45, 2.75) is 6.92 Å². The number of benzene rings is 1. The summed E-state index contributed by atoms with van der Waals surface area (Å²) in [6.45, 7) is 2.05. The van der Waals surface area contributed by atoms with Crippen molar-refractivity contribution in [2.75, 3.05) is 13.2 Å². The van der Waals surface area contributed by atoms with Crippen LogP contribution in [0.2, 0.25) is 0 Å². The van der Waals surface area contributed by atoms with Crippen molar-refractivity contribution in [2.24, 2.45) is 0 Å². The number of ether oxygens (including phenoxy) is 1. The number of thiocarbonyl (C=S) groups is 1. The number of nitrogens with zero attached hydrogens (tertiary/aromatic N) is 1. The molecular formula is C14H11I2NO4S2. The molecule has 1 amide bonds. The van der Waals surface area contributed by atoms with Crippen LogP contribution in [-0.4, -0.2) is 39.4 Å². The van der Waals surface area contributed by atoms with Gasteiger partial charge in [0.15, 0.2) is 6.61 Å². The van der Waals surface area contributed by atoms with E-state index in [9.17, 15) is 9.59 Å². The van der Waals surface area contributed by atoms with Gasteiger partial charge in [-0.2, -0.15) is 0 Å². The molecule has 0 aromatic heterocycles. The molecule has 0 atom stereocenters. The molecule has 1 aromatic rings. The van der Waals surface area contributed by atoms with Gasteiger partial charge in [0.05, 0.1) is 12.0 Å². The van der Waals surface area contributed by atoms with Crippen molar-refractivity contribution in [3.63, 3.8) is 0 Å². The number of aliphatic carboxylic acids is 1. The van der Waals surface area contributed by atoms with Gasteiger partial charge in [0.25, 0.3) is 5.91 Å². The first-order chi connectivity index (χ1) is 10.8. The first kappa shape index (κ1) is 18.9. The van der Waals surface area contributed by atoms with E-state index in [4.69, 9.17) is 22.1 Å². The number of hydrogen-bond donors (Lipinski definition) is 1. The second-order valence-corrected chi connectivity index (χ2v) is 8.42. The average molecular weight is 575 g/mol. The SMILES string of the molecule is CCN1C(=O)/C(=C/c2cc(I)c(OCC(=O)O)c(I)c2)SC1=S. The number of carbonyl (C=O) groups is 2. The Bertz CT molecular complexity index is 698. The molecule has 0 aliphatic carbocycles. The van der Waals surface area contributed by atoms with Crippen LogP contribution in [0, 0.1) is 7.14 Å². The lowest BCUT2D eigenvalue weighted by Crippen LogP contribution is -2.27. The van der Waals surface area contributed by atoms with E-state index in [2.05, 4.69) is 45.2 Å². The molecule has 0 radical (unpaired) electrons. The summed E-state index contributed by atoms with van der Waals surface area (Å²) in [4.78, 5) is 25.0. The molecule has 0 unspecified atom stereocenters. The Balaban J connectivity index is 2.28. The van der Waals surface area contributed by atoms with E-state index >= 15 is 0 Å². The molecule has 0 bridgehead atoms. The normalized spacial score (nSPS) is 16.3. The number of amides is 1. The van der Waals surface area contributed by atoms with Gasteiger partial charge >= 0.3 is 5.97 Å². The third kappa shape index (κ3) is 4.57. The molecule has 5 nitrogen and oxygen atoms in total. The molecule has 1 aromatic carbocycles. The van der Waals surface area contributed by atoms with Crippen molar-refractivity contribution in [3.05, 3.63) is 29.7 Å².